The van der Waals surface area contributed by atoms with Crippen LogP contribution >= 0.6 is 15.9 Å². The van der Waals surface area contributed by atoms with E-state index in [0.29, 0.717) is 24.7 Å². The van der Waals surface area contributed by atoms with E-state index in [1.807, 2.05) is 30.3 Å². The van der Waals surface area contributed by atoms with Crippen LogP contribution in [0.25, 0.3) is 0 Å². The Bertz CT molecular complexity index is 959. The van der Waals surface area contributed by atoms with Crippen molar-refractivity contribution in [3.8, 4) is 17.2 Å². The predicted molar refractivity (Wildman–Crippen MR) is 120 cm³/mol. The standard InChI is InChI=1S/C24H26BrNO3/c1-17-7-6-8-18(11-17)16-29-24-21(25)12-19(13-23(24)28-3)14-26-15-20-9-4-5-10-22(20)27-2/h4-13,26H,14-16H2,1-3H3. The van der Waals surface area contributed by atoms with Crippen LogP contribution < -0.4 is 19.5 Å². The van der Waals surface area contributed by atoms with Crippen molar-refractivity contribution in [1.29, 1.82) is 0 Å². The van der Waals surface area contributed by atoms with Crippen molar-refractivity contribution < 1.29 is 14.2 Å². The average molecular weight is 456 g/mol. The number of hydrogen-bond donors (Lipinski definition) is 1. The number of para-hydroxylation sites is 1. The Balaban J connectivity index is 1.66. The van der Waals surface area contributed by atoms with Gasteiger partial charge in [-0.05, 0) is 52.2 Å². The molecule has 0 fully saturated rings. The zero-order chi connectivity index (χ0) is 20.6. The van der Waals surface area contributed by atoms with Gasteiger partial charge in [0.1, 0.15) is 12.4 Å². The van der Waals surface area contributed by atoms with E-state index in [2.05, 4.69) is 58.5 Å². The summed E-state index contributed by atoms with van der Waals surface area (Å²) in [5.74, 6) is 2.31. The molecular weight excluding hydrogens is 430 g/mol. The zero-order valence-corrected chi connectivity index (χ0v) is 18.6. The number of halogens is 1. The van der Waals surface area contributed by atoms with Crippen molar-refractivity contribution in [2.75, 3.05) is 14.2 Å². The highest BCUT2D eigenvalue weighted by Gasteiger charge is 2.12. The predicted octanol–water partition coefficient (Wildman–Crippen LogP) is 5.64. The molecule has 0 atom stereocenters. The summed E-state index contributed by atoms with van der Waals surface area (Å²) < 4.78 is 17.9. The molecule has 29 heavy (non-hydrogen) atoms. The molecule has 3 aromatic rings. The number of ether oxygens (including phenoxy) is 3. The SMILES string of the molecule is COc1ccccc1CNCc1cc(Br)c(OCc2cccc(C)c2)c(OC)c1. The van der Waals surface area contributed by atoms with E-state index in [4.69, 9.17) is 14.2 Å². The monoisotopic (exact) mass is 455 g/mol. The number of hydrogen-bond acceptors (Lipinski definition) is 4. The van der Waals surface area contributed by atoms with Crippen LogP contribution in [0.3, 0.4) is 0 Å². The number of methoxy groups -OCH3 is 2. The minimum absolute atomic E-state index is 0.488. The number of aryl methyl sites for hydroxylation is 1. The van der Waals surface area contributed by atoms with E-state index < -0.39 is 0 Å². The molecule has 0 saturated heterocycles. The van der Waals surface area contributed by atoms with E-state index in [0.717, 1.165) is 33.5 Å². The largest absolute Gasteiger partial charge is 0.496 e. The van der Waals surface area contributed by atoms with Crippen LogP contribution in [-0.2, 0) is 19.7 Å². The summed E-state index contributed by atoms with van der Waals surface area (Å²) in [7, 11) is 3.35. The lowest BCUT2D eigenvalue weighted by Gasteiger charge is -2.15. The maximum absolute atomic E-state index is 6.05. The third-order valence-electron chi connectivity index (χ3n) is 4.59. The Kier molecular flexibility index (Phi) is 7.55. The zero-order valence-electron chi connectivity index (χ0n) is 17.0. The first-order valence-corrected chi connectivity index (χ1v) is 10.3. The van der Waals surface area contributed by atoms with Gasteiger partial charge in [0.25, 0.3) is 0 Å². The van der Waals surface area contributed by atoms with Gasteiger partial charge < -0.3 is 19.5 Å². The fourth-order valence-corrected chi connectivity index (χ4v) is 3.77. The molecule has 5 heteroatoms. The van der Waals surface area contributed by atoms with E-state index in [1.54, 1.807) is 14.2 Å². The molecule has 4 nitrogen and oxygen atoms in total. The minimum atomic E-state index is 0.488. The topological polar surface area (TPSA) is 39.7 Å². The van der Waals surface area contributed by atoms with E-state index in [-0.39, 0.29) is 0 Å². The molecule has 0 aromatic heterocycles. The number of nitrogens with one attached hydrogen (secondary N) is 1. The van der Waals surface area contributed by atoms with Gasteiger partial charge in [-0.25, -0.2) is 0 Å². The fourth-order valence-electron chi connectivity index (χ4n) is 3.16. The summed E-state index contributed by atoms with van der Waals surface area (Å²) in [6.45, 7) is 3.98. The van der Waals surface area contributed by atoms with Gasteiger partial charge in [0, 0.05) is 18.7 Å². The van der Waals surface area contributed by atoms with Crippen molar-refractivity contribution in [2.24, 2.45) is 0 Å². The lowest BCUT2D eigenvalue weighted by Crippen LogP contribution is -2.13. The van der Waals surface area contributed by atoms with Crippen LogP contribution in [0.15, 0.2) is 65.1 Å². The van der Waals surface area contributed by atoms with Crippen LogP contribution in [0.4, 0.5) is 0 Å². The minimum Gasteiger partial charge on any atom is -0.496 e. The summed E-state index contributed by atoms with van der Waals surface area (Å²) in [6.07, 6.45) is 0. The molecule has 0 aliphatic heterocycles. The smallest absolute Gasteiger partial charge is 0.175 e. The first-order chi connectivity index (χ1) is 14.1. The summed E-state index contributed by atoms with van der Waals surface area (Å²) in [6, 6.07) is 20.4. The molecule has 0 aliphatic rings. The fraction of sp³-hybridized carbons (Fsp3) is 0.250. The first kappa shape index (κ1) is 21.2. The van der Waals surface area contributed by atoms with Crippen molar-refractivity contribution in [2.45, 2.75) is 26.6 Å². The van der Waals surface area contributed by atoms with Crippen LogP contribution in [0.2, 0.25) is 0 Å². The first-order valence-electron chi connectivity index (χ1n) is 9.48. The van der Waals surface area contributed by atoms with Crippen LogP contribution in [0, 0.1) is 6.92 Å². The molecule has 1 N–H and O–H groups in total. The summed E-state index contributed by atoms with van der Waals surface area (Å²) in [5, 5.41) is 3.46. The molecule has 0 spiro atoms. The van der Waals surface area contributed by atoms with Crippen molar-refractivity contribution in [1.82, 2.24) is 5.32 Å². The van der Waals surface area contributed by atoms with E-state index >= 15 is 0 Å². The molecule has 0 radical (unpaired) electrons. The van der Waals surface area contributed by atoms with Crippen LogP contribution in [0.1, 0.15) is 22.3 Å². The Morgan fingerprint density at radius 3 is 2.38 bits per heavy atom. The van der Waals surface area contributed by atoms with Gasteiger partial charge in [0.15, 0.2) is 11.5 Å². The maximum atomic E-state index is 6.05. The van der Waals surface area contributed by atoms with Crippen LogP contribution in [-0.4, -0.2) is 14.2 Å². The van der Waals surface area contributed by atoms with Gasteiger partial charge in [0.05, 0.1) is 18.7 Å². The van der Waals surface area contributed by atoms with Gasteiger partial charge >= 0.3 is 0 Å². The highest BCUT2D eigenvalue weighted by Crippen LogP contribution is 2.37. The summed E-state index contributed by atoms with van der Waals surface area (Å²) in [4.78, 5) is 0. The normalized spacial score (nSPS) is 10.6. The Morgan fingerprint density at radius 2 is 1.62 bits per heavy atom. The molecule has 0 aliphatic carbocycles. The number of benzene rings is 3. The van der Waals surface area contributed by atoms with Crippen LogP contribution in [0.5, 0.6) is 17.2 Å². The van der Waals surface area contributed by atoms with E-state index in [9.17, 15) is 0 Å². The maximum Gasteiger partial charge on any atom is 0.175 e. The van der Waals surface area contributed by atoms with E-state index in [1.165, 1.54) is 5.56 Å². The number of rotatable bonds is 9. The second kappa shape index (κ2) is 10.3. The lowest BCUT2D eigenvalue weighted by molar-refractivity contribution is 0.282. The molecule has 0 bridgehead atoms. The van der Waals surface area contributed by atoms with Gasteiger partial charge in [-0.2, -0.15) is 0 Å². The molecule has 152 valence electrons. The van der Waals surface area contributed by atoms with Gasteiger partial charge in [-0.1, -0.05) is 48.0 Å². The molecule has 3 aromatic carbocycles. The quantitative estimate of drug-likeness (QED) is 0.452. The molecule has 0 unspecified atom stereocenters. The summed E-state index contributed by atoms with van der Waals surface area (Å²) in [5.41, 5.74) is 4.57. The highest BCUT2D eigenvalue weighted by atomic mass is 79.9. The molecule has 0 amide bonds. The van der Waals surface area contributed by atoms with Gasteiger partial charge in [0.2, 0.25) is 0 Å². The average Bonchev–Trinajstić information content (AvgIpc) is 2.73. The highest BCUT2D eigenvalue weighted by molar-refractivity contribution is 9.10. The Morgan fingerprint density at radius 1 is 0.828 bits per heavy atom. The Hall–Kier alpha value is -2.50. The summed E-state index contributed by atoms with van der Waals surface area (Å²) >= 11 is 3.63. The third kappa shape index (κ3) is 5.75. The third-order valence-corrected chi connectivity index (χ3v) is 5.18. The van der Waals surface area contributed by atoms with Crippen molar-refractivity contribution >= 4 is 15.9 Å². The van der Waals surface area contributed by atoms with Gasteiger partial charge in [-0.3, -0.25) is 0 Å². The molecule has 0 saturated carbocycles. The van der Waals surface area contributed by atoms with Gasteiger partial charge in [-0.15, -0.1) is 0 Å². The van der Waals surface area contributed by atoms with Crippen molar-refractivity contribution in [3.63, 3.8) is 0 Å². The molecule has 0 heterocycles. The molecule has 3 rings (SSSR count). The Labute approximate surface area is 180 Å². The lowest BCUT2D eigenvalue weighted by atomic mass is 10.1. The second-order valence-electron chi connectivity index (χ2n) is 6.80. The molecular formula is C24H26BrNO3. The van der Waals surface area contributed by atoms with Crippen molar-refractivity contribution in [3.05, 3.63) is 87.4 Å². The second-order valence-corrected chi connectivity index (χ2v) is 7.66.